The normalized spacial score (nSPS) is 20.6. The van der Waals surface area contributed by atoms with Gasteiger partial charge in [-0.2, -0.15) is 0 Å². The molecule has 34 heavy (non-hydrogen) atoms. The Labute approximate surface area is 199 Å². The van der Waals surface area contributed by atoms with Gasteiger partial charge < -0.3 is 20.1 Å². The summed E-state index contributed by atoms with van der Waals surface area (Å²) in [6, 6.07) is 16.4. The highest BCUT2D eigenvalue weighted by molar-refractivity contribution is 5.85. The lowest BCUT2D eigenvalue weighted by Crippen LogP contribution is -2.56. The van der Waals surface area contributed by atoms with E-state index in [0.717, 1.165) is 17.5 Å². The molecule has 0 bridgehead atoms. The molecule has 0 radical (unpaired) electrons. The van der Waals surface area contributed by atoms with Crippen LogP contribution in [-0.2, 0) is 14.3 Å². The first-order chi connectivity index (χ1) is 16.5. The van der Waals surface area contributed by atoms with Gasteiger partial charge in [0.15, 0.2) is 0 Å². The summed E-state index contributed by atoms with van der Waals surface area (Å²) in [6.07, 6.45) is 3.09. The van der Waals surface area contributed by atoms with Crippen molar-refractivity contribution in [3.8, 4) is 11.1 Å². The molecule has 2 N–H and O–H groups in total. The summed E-state index contributed by atoms with van der Waals surface area (Å²) >= 11 is 0. The van der Waals surface area contributed by atoms with Gasteiger partial charge in [0.1, 0.15) is 6.61 Å². The molecular weight excluding hydrogens is 432 g/mol. The van der Waals surface area contributed by atoms with E-state index in [1.807, 2.05) is 24.3 Å². The fourth-order valence-corrected chi connectivity index (χ4v) is 5.66. The van der Waals surface area contributed by atoms with Gasteiger partial charge in [-0.3, -0.25) is 9.59 Å². The summed E-state index contributed by atoms with van der Waals surface area (Å²) in [7, 11) is 0. The van der Waals surface area contributed by atoms with Gasteiger partial charge in [-0.1, -0.05) is 55.0 Å². The van der Waals surface area contributed by atoms with E-state index in [4.69, 9.17) is 4.74 Å². The number of amides is 2. The zero-order valence-electron chi connectivity index (χ0n) is 19.2. The minimum Gasteiger partial charge on any atom is -0.481 e. The maximum absolute atomic E-state index is 13.3. The fourth-order valence-electron chi connectivity index (χ4n) is 5.66. The number of carbonyl (C=O) groups is 3. The molecule has 2 aliphatic carbocycles. The molecule has 178 valence electrons. The Morgan fingerprint density at radius 3 is 2.24 bits per heavy atom. The van der Waals surface area contributed by atoms with Gasteiger partial charge in [0.2, 0.25) is 5.91 Å². The first-order valence-corrected chi connectivity index (χ1v) is 12.1. The monoisotopic (exact) mass is 462 g/mol. The Bertz CT molecular complexity index is 1060. The lowest BCUT2D eigenvalue weighted by molar-refractivity contribution is -0.152. The largest absolute Gasteiger partial charge is 0.481 e. The Balaban J connectivity index is 1.19. The van der Waals surface area contributed by atoms with Crippen molar-refractivity contribution in [1.29, 1.82) is 0 Å². The smallest absolute Gasteiger partial charge is 0.407 e. The van der Waals surface area contributed by atoms with Crippen LogP contribution in [0, 0.1) is 11.3 Å². The lowest BCUT2D eigenvalue weighted by atomic mass is 9.67. The first-order valence-electron chi connectivity index (χ1n) is 12.1. The molecule has 1 saturated heterocycles. The standard InChI is InChI=1S/C27H30N2O5/c30-24(31)18-7-5-14-29(15-18)25(32)27(12-6-13-27)17-28-26(33)34-16-23-21-10-3-1-8-19(21)20-9-2-4-11-22(20)23/h1-4,8-11,18,23H,5-7,12-17H2,(H,28,33)(H,30,31). The maximum atomic E-state index is 13.3. The van der Waals surface area contributed by atoms with Crippen LogP contribution in [0.15, 0.2) is 48.5 Å². The fraction of sp³-hybridized carbons (Fsp3) is 0.444. The van der Waals surface area contributed by atoms with Crippen molar-refractivity contribution in [3.05, 3.63) is 59.7 Å². The number of carboxylic acid groups (broad SMARTS) is 1. The van der Waals surface area contributed by atoms with Gasteiger partial charge in [0, 0.05) is 25.6 Å². The second-order valence-electron chi connectivity index (χ2n) is 9.74. The van der Waals surface area contributed by atoms with E-state index in [9.17, 15) is 19.5 Å². The number of benzene rings is 2. The molecule has 1 heterocycles. The van der Waals surface area contributed by atoms with E-state index in [2.05, 4.69) is 29.6 Å². The number of hydrogen-bond donors (Lipinski definition) is 2. The number of carboxylic acids is 1. The third-order valence-corrected chi connectivity index (χ3v) is 7.74. The SMILES string of the molecule is O=C(NCC1(C(=O)N2CCCC(C(=O)O)C2)CCC1)OCC1c2ccccc2-c2ccccc21. The Hall–Kier alpha value is -3.35. The quantitative estimate of drug-likeness (QED) is 0.676. The van der Waals surface area contributed by atoms with E-state index >= 15 is 0 Å². The van der Waals surface area contributed by atoms with E-state index in [-0.39, 0.29) is 31.5 Å². The number of piperidine rings is 1. The van der Waals surface area contributed by atoms with Gasteiger partial charge in [-0.05, 0) is 47.9 Å². The maximum Gasteiger partial charge on any atom is 0.407 e. The molecule has 2 aromatic rings. The minimum absolute atomic E-state index is 0.0150. The molecule has 2 amide bonds. The molecule has 3 aliphatic rings. The van der Waals surface area contributed by atoms with Gasteiger partial charge in [-0.25, -0.2) is 4.79 Å². The van der Waals surface area contributed by atoms with Crippen LogP contribution in [0.4, 0.5) is 4.79 Å². The molecule has 1 atom stereocenters. The highest BCUT2D eigenvalue weighted by Crippen LogP contribution is 2.45. The molecule has 0 spiro atoms. The lowest BCUT2D eigenvalue weighted by Gasteiger charge is -2.45. The zero-order chi connectivity index (χ0) is 23.7. The minimum atomic E-state index is -0.850. The summed E-state index contributed by atoms with van der Waals surface area (Å²) in [6.45, 7) is 1.28. The van der Waals surface area contributed by atoms with Crippen LogP contribution in [0.2, 0.25) is 0 Å². The van der Waals surface area contributed by atoms with Gasteiger partial charge in [0.25, 0.3) is 0 Å². The van der Waals surface area contributed by atoms with Crippen molar-refractivity contribution in [1.82, 2.24) is 10.2 Å². The Kier molecular flexibility index (Phi) is 6.02. The van der Waals surface area contributed by atoms with Crippen LogP contribution < -0.4 is 5.32 Å². The summed E-state index contributed by atoms with van der Waals surface area (Å²) in [4.78, 5) is 39.0. The van der Waals surface area contributed by atoms with Crippen molar-refractivity contribution >= 4 is 18.0 Å². The number of carbonyl (C=O) groups excluding carboxylic acids is 2. The number of nitrogens with one attached hydrogen (secondary N) is 1. The molecule has 2 aromatic carbocycles. The average Bonchev–Trinajstić information content (AvgIpc) is 3.15. The van der Waals surface area contributed by atoms with Gasteiger partial charge in [0.05, 0.1) is 11.3 Å². The number of rotatable bonds is 6. The number of likely N-dealkylation sites (tertiary alicyclic amines) is 1. The van der Waals surface area contributed by atoms with E-state index < -0.39 is 23.4 Å². The van der Waals surface area contributed by atoms with Crippen molar-refractivity contribution in [2.24, 2.45) is 11.3 Å². The summed E-state index contributed by atoms with van der Waals surface area (Å²) in [5.74, 6) is -1.41. The Morgan fingerprint density at radius 1 is 1.00 bits per heavy atom. The van der Waals surface area contributed by atoms with Crippen molar-refractivity contribution in [2.45, 2.75) is 38.0 Å². The number of ether oxygens (including phenoxy) is 1. The number of nitrogens with zero attached hydrogens (tertiary/aromatic N) is 1. The van der Waals surface area contributed by atoms with Gasteiger partial charge in [-0.15, -0.1) is 0 Å². The molecule has 5 rings (SSSR count). The summed E-state index contributed by atoms with van der Waals surface area (Å²) < 4.78 is 5.62. The highest BCUT2D eigenvalue weighted by Gasteiger charge is 2.47. The van der Waals surface area contributed by atoms with Crippen LogP contribution in [-0.4, -0.2) is 54.2 Å². The number of fused-ring (bicyclic) bond motifs is 3. The summed E-state index contributed by atoms with van der Waals surface area (Å²) in [5, 5.41) is 12.2. The second-order valence-corrected chi connectivity index (χ2v) is 9.74. The predicted molar refractivity (Wildman–Crippen MR) is 126 cm³/mol. The molecule has 7 nitrogen and oxygen atoms in total. The van der Waals surface area contributed by atoms with E-state index in [1.54, 1.807) is 4.90 Å². The third kappa shape index (κ3) is 4.04. The van der Waals surface area contributed by atoms with E-state index in [0.29, 0.717) is 32.2 Å². The molecular formula is C27H30N2O5. The molecule has 7 heteroatoms. The second kappa shape index (κ2) is 9.12. The molecule has 1 aliphatic heterocycles. The van der Waals surface area contributed by atoms with E-state index in [1.165, 1.54) is 11.1 Å². The average molecular weight is 463 g/mol. The number of hydrogen-bond acceptors (Lipinski definition) is 4. The molecule has 0 aromatic heterocycles. The topological polar surface area (TPSA) is 95.9 Å². The number of alkyl carbamates (subject to hydrolysis) is 1. The molecule has 1 unspecified atom stereocenters. The highest BCUT2D eigenvalue weighted by atomic mass is 16.5. The molecule has 2 fully saturated rings. The Morgan fingerprint density at radius 2 is 1.65 bits per heavy atom. The van der Waals surface area contributed by atoms with Crippen LogP contribution in [0.5, 0.6) is 0 Å². The number of aliphatic carboxylic acids is 1. The van der Waals surface area contributed by atoms with Gasteiger partial charge >= 0.3 is 12.1 Å². The van der Waals surface area contributed by atoms with Crippen molar-refractivity contribution in [2.75, 3.05) is 26.2 Å². The first kappa shape index (κ1) is 22.4. The van der Waals surface area contributed by atoms with Crippen LogP contribution in [0.25, 0.3) is 11.1 Å². The predicted octanol–water partition coefficient (Wildman–Crippen LogP) is 4.02. The zero-order valence-corrected chi connectivity index (χ0v) is 19.2. The van der Waals surface area contributed by atoms with Crippen molar-refractivity contribution < 1.29 is 24.2 Å². The molecule has 1 saturated carbocycles. The van der Waals surface area contributed by atoms with Crippen LogP contribution >= 0.6 is 0 Å². The van der Waals surface area contributed by atoms with Crippen LogP contribution in [0.3, 0.4) is 0 Å². The summed E-state index contributed by atoms with van der Waals surface area (Å²) in [5.41, 5.74) is 4.01. The van der Waals surface area contributed by atoms with Crippen molar-refractivity contribution in [3.63, 3.8) is 0 Å². The third-order valence-electron chi connectivity index (χ3n) is 7.74. The van der Waals surface area contributed by atoms with Crippen LogP contribution in [0.1, 0.15) is 49.1 Å².